The van der Waals surface area contributed by atoms with Gasteiger partial charge in [0, 0.05) is 0 Å². The largest absolute Gasteiger partial charge is 0.0985 e. The van der Waals surface area contributed by atoms with Crippen LogP contribution in [0.1, 0.15) is 29.5 Å². The molecule has 0 spiro atoms. The molecule has 4 rings (SSSR count). The van der Waals surface area contributed by atoms with Gasteiger partial charge in [0.15, 0.2) is 0 Å². The number of rotatable bonds is 2. The van der Waals surface area contributed by atoms with Gasteiger partial charge in [0.25, 0.3) is 0 Å². The molecule has 20 heavy (non-hydrogen) atoms. The minimum Gasteiger partial charge on any atom is -0.0985 e. The normalized spacial score (nSPS) is 15.6. The fourth-order valence-corrected chi connectivity index (χ4v) is 3.47. The molecule has 0 aromatic heterocycles. The van der Waals surface area contributed by atoms with E-state index in [2.05, 4.69) is 55.6 Å². The molecule has 0 N–H and O–H groups in total. The first-order valence-corrected chi connectivity index (χ1v) is 7.09. The number of fused-ring (bicyclic) bond motifs is 2. The molecule has 2 aromatic rings. The van der Waals surface area contributed by atoms with E-state index in [0.717, 1.165) is 18.4 Å². The maximum Gasteiger partial charge on any atom is -0.00235 e. The summed E-state index contributed by atoms with van der Waals surface area (Å²) in [5.74, 6) is 0. The average Bonchev–Trinajstić information content (AvgIpc) is 2.84. The number of hydrogen-bond donors (Lipinski definition) is 0. The lowest BCUT2D eigenvalue weighted by atomic mass is 9.93. The first-order chi connectivity index (χ1) is 9.81. The standard InChI is InChI=1S/C20H16/c1-3-13(2)14-11-12-19-16-8-5-4-7-15(16)18-10-6-9-17(14)20(18)19/h3-4,6-7,9-12H,1-2,5,8H2. The molecule has 2 aliphatic carbocycles. The number of benzene rings is 2. The summed E-state index contributed by atoms with van der Waals surface area (Å²) in [5.41, 5.74) is 7.91. The highest BCUT2D eigenvalue weighted by Gasteiger charge is 2.24. The zero-order valence-electron chi connectivity index (χ0n) is 11.4. The van der Waals surface area contributed by atoms with Crippen molar-refractivity contribution in [3.05, 3.63) is 78.4 Å². The van der Waals surface area contributed by atoms with Gasteiger partial charge in [-0.1, -0.05) is 61.7 Å². The Balaban J connectivity index is 2.11. The van der Waals surface area contributed by atoms with Gasteiger partial charge in [-0.15, -0.1) is 0 Å². The Morgan fingerprint density at radius 3 is 2.85 bits per heavy atom. The Kier molecular flexibility index (Phi) is 2.34. The van der Waals surface area contributed by atoms with Crippen molar-refractivity contribution in [3.8, 4) is 0 Å². The fraction of sp³-hybridized carbons (Fsp3) is 0.100. The molecule has 0 atom stereocenters. The maximum atomic E-state index is 4.12. The molecule has 0 unspecified atom stereocenters. The van der Waals surface area contributed by atoms with E-state index in [0.29, 0.717) is 0 Å². The summed E-state index contributed by atoms with van der Waals surface area (Å²) < 4.78 is 0. The fourth-order valence-electron chi connectivity index (χ4n) is 3.47. The van der Waals surface area contributed by atoms with Crippen molar-refractivity contribution in [1.29, 1.82) is 0 Å². The van der Waals surface area contributed by atoms with Crippen LogP contribution in [0.2, 0.25) is 0 Å². The molecule has 2 aromatic carbocycles. The monoisotopic (exact) mass is 256 g/mol. The van der Waals surface area contributed by atoms with Crippen LogP contribution in [-0.2, 0) is 0 Å². The minimum absolute atomic E-state index is 0.995. The Morgan fingerprint density at radius 2 is 2.00 bits per heavy atom. The minimum atomic E-state index is 0.995. The molecule has 0 heteroatoms. The summed E-state index contributed by atoms with van der Waals surface area (Å²) in [4.78, 5) is 0. The molecule has 0 nitrogen and oxygen atoms in total. The molecule has 2 aliphatic rings. The van der Waals surface area contributed by atoms with Gasteiger partial charge in [0.05, 0.1) is 0 Å². The zero-order chi connectivity index (χ0) is 13.7. The van der Waals surface area contributed by atoms with Crippen LogP contribution in [0, 0.1) is 0 Å². The predicted molar refractivity (Wildman–Crippen MR) is 88.4 cm³/mol. The second-order valence-electron chi connectivity index (χ2n) is 5.45. The highest BCUT2D eigenvalue weighted by Crippen LogP contribution is 2.47. The van der Waals surface area contributed by atoms with E-state index >= 15 is 0 Å². The maximum absolute atomic E-state index is 4.12. The predicted octanol–water partition coefficient (Wildman–Crippen LogP) is 5.61. The van der Waals surface area contributed by atoms with E-state index in [-0.39, 0.29) is 0 Å². The van der Waals surface area contributed by atoms with Crippen LogP contribution in [0.15, 0.2) is 61.7 Å². The van der Waals surface area contributed by atoms with E-state index in [1.54, 1.807) is 0 Å². The molecule has 0 bridgehead atoms. The van der Waals surface area contributed by atoms with Gasteiger partial charge in [-0.2, -0.15) is 0 Å². The van der Waals surface area contributed by atoms with E-state index in [4.69, 9.17) is 0 Å². The molecule has 0 saturated carbocycles. The summed E-state index contributed by atoms with van der Waals surface area (Å²) >= 11 is 0. The van der Waals surface area contributed by atoms with Gasteiger partial charge in [0.1, 0.15) is 0 Å². The lowest BCUT2D eigenvalue weighted by Crippen LogP contribution is -1.88. The molecule has 0 amide bonds. The average molecular weight is 256 g/mol. The summed E-state index contributed by atoms with van der Waals surface area (Å²) in [6.45, 7) is 7.97. The van der Waals surface area contributed by atoms with Crippen LogP contribution in [0.25, 0.3) is 27.5 Å². The van der Waals surface area contributed by atoms with Crippen LogP contribution in [0.5, 0.6) is 0 Å². The van der Waals surface area contributed by atoms with Crippen LogP contribution in [0.4, 0.5) is 0 Å². The smallest absolute Gasteiger partial charge is 0.00235 e. The third-order valence-corrected chi connectivity index (χ3v) is 4.42. The quantitative estimate of drug-likeness (QED) is 0.612. The Morgan fingerprint density at radius 1 is 1.10 bits per heavy atom. The molecular weight excluding hydrogens is 240 g/mol. The van der Waals surface area contributed by atoms with Gasteiger partial charge in [-0.05, 0) is 57.0 Å². The second-order valence-corrected chi connectivity index (χ2v) is 5.45. The highest BCUT2D eigenvalue weighted by atomic mass is 14.3. The molecule has 96 valence electrons. The van der Waals surface area contributed by atoms with Crippen LogP contribution >= 0.6 is 0 Å². The number of hydrogen-bond acceptors (Lipinski definition) is 0. The summed E-state index contributed by atoms with van der Waals surface area (Å²) in [5, 5.41) is 2.69. The van der Waals surface area contributed by atoms with Crippen molar-refractivity contribution < 1.29 is 0 Å². The molecule has 0 radical (unpaired) electrons. The van der Waals surface area contributed by atoms with Gasteiger partial charge in [0.2, 0.25) is 0 Å². The van der Waals surface area contributed by atoms with Crippen molar-refractivity contribution in [1.82, 2.24) is 0 Å². The molecule has 0 aliphatic heterocycles. The lowest BCUT2D eigenvalue weighted by molar-refractivity contribution is 1.06. The molecule has 0 fully saturated rings. The first kappa shape index (κ1) is 11.5. The van der Waals surface area contributed by atoms with Gasteiger partial charge < -0.3 is 0 Å². The molecule has 0 saturated heterocycles. The topological polar surface area (TPSA) is 0 Å². The Labute approximate surface area is 119 Å². The van der Waals surface area contributed by atoms with Crippen molar-refractivity contribution >= 4 is 27.5 Å². The van der Waals surface area contributed by atoms with E-state index in [1.807, 2.05) is 6.08 Å². The lowest BCUT2D eigenvalue weighted by Gasteiger charge is -2.11. The van der Waals surface area contributed by atoms with Gasteiger partial charge >= 0.3 is 0 Å². The van der Waals surface area contributed by atoms with E-state index in [1.165, 1.54) is 38.6 Å². The Hall–Kier alpha value is -2.34. The third kappa shape index (κ3) is 1.36. The van der Waals surface area contributed by atoms with E-state index < -0.39 is 0 Å². The first-order valence-electron chi connectivity index (χ1n) is 7.09. The highest BCUT2D eigenvalue weighted by molar-refractivity contribution is 6.18. The third-order valence-electron chi connectivity index (χ3n) is 4.42. The van der Waals surface area contributed by atoms with Crippen molar-refractivity contribution in [2.45, 2.75) is 12.8 Å². The van der Waals surface area contributed by atoms with Gasteiger partial charge in [-0.3, -0.25) is 0 Å². The van der Waals surface area contributed by atoms with E-state index in [9.17, 15) is 0 Å². The van der Waals surface area contributed by atoms with Crippen molar-refractivity contribution in [2.24, 2.45) is 0 Å². The van der Waals surface area contributed by atoms with Crippen LogP contribution < -0.4 is 0 Å². The van der Waals surface area contributed by atoms with Crippen molar-refractivity contribution in [3.63, 3.8) is 0 Å². The Bertz CT molecular complexity index is 828. The molecule has 0 heterocycles. The molecular formula is C20H16. The SMILES string of the molecule is C=CC(=C)c1ccc2c3c(cccc13)C1=C2CCC=C1. The second kappa shape index (κ2) is 4.08. The van der Waals surface area contributed by atoms with Crippen molar-refractivity contribution in [2.75, 3.05) is 0 Å². The zero-order valence-corrected chi connectivity index (χ0v) is 11.4. The summed E-state index contributed by atoms with van der Waals surface area (Å²) in [6.07, 6.45) is 8.71. The van der Waals surface area contributed by atoms with Crippen LogP contribution in [-0.4, -0.2) is 0 Å². The van der Waals surface area contributed by atoms with Crippen LogP contribution in [0.3, 0.4) is 0 Å². The summed E-state index contributed by atoms with van der Waals surface area (Å²) in [7, 11) is 0. The van der Waals surface area contributed by atoms with Gasteiger partial charge in [-0.25, -0.2) is 0 Å². The number of allylic oxidation sites excluding steroid dienone is 6. The summed E-state index contributed by atoms with van der Waals surface area (Å²) in [6, 6.07) is 11.1.